The molecule has 12 heavy (non-hydrogen) atoms. The van der Waals surface area contributed by atoms with Crippen molar-refractivity contribution in [3.05, 3.63) is 46.2 Å². The van der Waals surface area contributed by atoms with Gasteiger partial charge in [-0.2, -0.15) is 0 Å². The van der Waals surface area contributed by atoms with Gasteiger partial charge in [0, 0.05) is 17.8 Å². The quantitative estimate of drug-likeness (QED) is 0.496. The molecule has 0 saturated carbocycles. The zero-order valence-corrected chi connectivity index (χ0v) is 5.98. The van der Waals surface area contributed by atoms with E-state index in [1.807, 2.05) is 0 Å². The molecule has 62 valence electrons. The minimum absolute atomic E-state index is 0.367. The van der Waals surface area contributed by atoms with Crippen LogP contribution in [0, 0.1) is 15.9 Å². The Labute approximate surface area is 67.5 Å². The molecule has 0 unspecified atom stereocenters. The van der Waals surface area contributed by atoms with Crippen LogP contribution < -0.4 is 0 Å². The predicted molar refractivity (Wildman–Crippen MR) is 40.2 cm³/mol. The van der Waals surface area contributed by atoms with Gasteiger partial charge >= 0.3 is 0 Å². The molecule has 4 nitrogen and oxygen atoms in total. The van der Waals surface area contributed by atoms with Crippen molar-refractivity contribution in [3.8, 4) is 0 Å². The monoisotopic (exact) mass is 168 g/mol. The summed E-state index contributed by atoms with van der Waals surface area (Å²) < 4.78 is 12.4. The first-order valence-corrected chi connectivity index (χ1v) is 3.11. The minimum atomic E-state index is -0.620. The van der Waals surface area contributed by atoms with Crippen LogP contribution in [-0.2, 0) is 0 Å². The largest absolute Gasteiger partial charge is 0.261 e. The molecule has 0 aliphatic rings. The first-order valence-electron chi connectivity index (χ1n) is 3.11. The summed E-state index contributed by atoms with van der Waals surface area (Å²) >= 11 is 0. The van der Waals surface area contributed by atoms with Crippen molar-refractivity contribution in [1.29, 1.82) is 0 Å². The van der Waals surface area contributed by atoms with Gasteiger partial charge in [-0.3, -0.25) is 15.1 Å². The number of nitrogens with zero attached hydrogens (tertiary/aromatic N) is 2. The highest BCUT2D eigenvalue weighted by Crippen LogP contribution is 2.02. The molecule has 0 aromatic carbocycles. The van der Waals surface area contributed by atoms with Gasteiger partial charge in [0.05, 0.1) is 11.1 Å². The normalized spacial score (nSPS) is 10.4. The van der Waals surface area contributed by atoms with Gasteiger partial charge in [-0.15, -0.1) is 0 Å². The maximum absolute atomic E-state index is 12.4. The van der Waals surface area contributed by atoms with E-state index in [2.05, 4.69) is 4.98 Å². The number of nitro groups is 1. The summed E-state index contributed by atoms with van der Waals surface area (Å²) in [6, 6.07) is 1.16. The van der Waals surface area contributed by atoms with Gasteiger partial charge in [-0.25, -0.2) is 4.39 Å². The highest BCUT2D eigenvalue weighted by atomic mass is 19.1. The topological polar surface area (TPSA) is 56.0 Å². The van der Waals surface area contributed by atoms with E-state index in [1.165, 1.54) is 12.3 Å². The lowest BCUT2D eigenvalue weighted by Crippen LogP contribution is -1.84. The molecule has 0 aliphatic heterocycles. The van der Waals surface area contributed by atoms with E-state index in [0.717, 1.165) is 18.5 Å². The number of pyridine rings is 1. The first-order chi connectivity index (χ1) is 5.68. The summed E-state index contributed by atoms with van der Waals surface area (Å²) in [5, 5.41) is 9.86. The van der Waals surface area contributed by atoms with Crippen molar-refractivity contribution in [2.75, 3.05) is 0 Å². The standard InChI is InChI=1S/C7H5FN2O2/c8-7-3-6(4-9-5-7)1-2-10(11)12/h1-5H/b2-1+. The first kappa shape index (κ1) is 8.32. The van der Waals surface area contributed by atoms with Crippen LogP contribution in [0.2, 0.25) is 0 Å². The van der Waals surface area contributed by atoms with Crippen LogP contribution >= 0.6 is 0 Å². The molecule has 0 radical (unpaired) electrons. The number of halogens is 1. The lowest BCUT2D eigenvalue weighted by molar-refractivity contribution is -0.400. The molecule has 1 aromatic heterocycles. The highest BCUT2D eigenvalue weighted by molar-refractivity contribution is 5.45. The van der Waals surface area contributed by atoms with Crippen LogP contribution in [0.5, 0.6) is 0 Å². The molecule has 1 aromatic rings. The smallest absolute Gasteiger partial charge is 0.235 e. The Morgan fingerprint density at radius 1 is 1.58 bits per heavy atom. The van der Waals surface area contributed by atoms with Crippen LogP contribution in [-0.4, -0.2) is 9.91 Å². The zero-order valence-electron chi connectivity index (χ0n) is 5.98. The molecule has 5 heteroatoms. The van der Waals surface area contributed by atoms with Gasteiger partial charge in [0.25, 0.3) is 0 Å². The molecule has 0 atom stereocenters. The molecule has 0 saturated heterocycles. The predicted octanol–water partition coefficient (Wildman–Crippen LogP) is 1.47. The maximum Gasteiger partial charge on any atom is 0.235 e. The molecule has 1 heterocycles. The summed E-state index contributed by atoms with van der Waals surface area (Å²) in [5.74, 6) is -0.513. The van der Waals surface area contributed by atoms with Crippen LogP contribution in [0.25, 0.3) is 6.08 Å². The Kier molecular flexibility index (Phi) is 2.47. The molecule has 0 bridgehead atoms. The Balaban J connectivity index is 2.83. The van der Waals surface area contributed by atoms with E-state index < -0.39 is 10.7 Å². The van der Waals surface area contributed by atoms with Gasteiger partial charge in [-0.05, 0) is 6.07 Å². The van der Waals surface area contributed by atoms with Crippen molar-refractivity contribution >= 4 is 6.08 Å². The average Bonchev–Trinajstić information content (AvgIpc) is 2.01. The zero-order chi connectivity index (χ0) is 8.97. The van der Waals surface area contributed by atoms with E-state index in [-0.39, 0.29) is 0 Å². The van der Waals surface area contributed by atoms with Crippen molar-refractivity contribution in [1.82, 2.24) is 4.98 Å². The summed E-state index contributed by atoms with van der Waals surface area (Å²) in [6.07, 6.45) is 4.28. The molecule has 0 fully saturated rings. The highest BCUT2D eigenvalue weighted by Gasteiger charge is 1.93. The maximum atomic E-state index is 12.4. The second-order valence-corrected chi connectivity index (χ2v) is 2.04. The van der Waals surface area contributed by atoms with Gasteiger partial charge in [0.1, 0.15) is 5.82 Å². The fourth-order valence-corrected chi connectivity index (χ4v) is 0.666. The lowest BCUT2D eigenvalue weighted by atomic mass is 10.3. The third kappa shape index (κ3) is 2.45. The summed E-state index contributed by atoms with van der Waals surface area (Å²) in [7, 11) is 0. The van der Waals surface area contributed by atoms with E-state index in [0.29, 0.717) is 5.56 Å². The Bertz CT molecular complexity index is 325. The fourth-order valence-electron chi connectivity index (χ4n) is 0.666. The van der Waals surface area contributed by atoms with E-state index in [1.54, 1.807) is 0 Å². The second-order valence-electron chi connectivity index (χ2n) is 2.04. The average molecular weight is 168 g/mol. The summed E-state index contributed by atoms with van der Waals surface area (Å²) in [4.78, 5) is 12.8. The number of hydrogen-bond donors (Lipinski definition) is 0. The van der Waals surface area contributed by atoms with Crippen LogP contribution in [0.15, 0.2) is 24.7 Å². The third-order valence-corrected chi connectivity index (χ3v) is 1.11. The van der Waals surface area contributed by atoms with Crippen molar-refractivity contribution < 1.29 is 9.31 Å². The van der Waals surface area contributed by atoms with Gasteiger partial charge in [0.2, 0.25) is 6.20 Å². The van der Waals surface area contributed by atoms with E-state index >= 15 is 0 Å². The summed E-state index contributed by atoms with van der Waals surface area (Å²) in [5.41, 5.74) is 0.367. The lowest BCUT2D eigenvalue weighted by Gasteiger charge is -1.89. The van der Waals surface area contributed by atoms with Gasteiger partial charge in [0.15, 0.2) is 0 Å². The van der Waals surface area contributed by atoms with Gasteiger partial charge < -0.3 is 0 Å². The fraction of sp³-hybridized carbons (Fsp3) is 0. The summed E-state index contributed by atoms with van der Waals surface area (Å²) in [6.45, 7) is 0. The molecule has 1 rings (SSSR count). The van der Waals surface area contributed by atoms with Crippen LogP contribution in [0.4, 0.5) is 4.39 Å². The molecular weight excluding hydrogens is 163 g/mol. The van der Waals surface area contributed by atoms with Crippen LogP contribution in [0.3, 0.4) is 0 Å². The van der Waals surface area contributed by atoms with Crippen molar-refractivity contribution in [3.63, 3.8) is 0 Å². The van der Waals surface area contributed by atoms with Crippen LogP contribution in [0.1, 0.15) is 5.56 Å². The molecule has 0 amide bonds. The Hall–Kier alpha value is -1.78. The number of rotatable bonds is 2. The number of hydrogen-bond acceptors (Lipinski definition) is 3. The van der Waals surface area contributed by atoms with E-state index in [9.17, 15) is 14.5 Å². The Morgan fingerprint density at radius 2 is 2.33 bits per heavy atom. The SMILES string of the molecule is O=[N+]([O-])/C=C/c1cncc(F)c1. The van der Waals surface area contributed by atoms with Gasteiger partial charge in [-0.1, -0.05) is 0 Å². The van der Waals surface area contributed by atoms with E-state index in [4.69, 9.17) is 0 Å². The number of aromatic nitrogens is 1. The molecule has 0 N–H and O–H groups in total. The molecule has 0 aliphatic carbocycles. The third-order valence-electron chi connectivity index (χ3n) is 1.11. The molecular formula is C7H5FN2O2. The minimum Gasteiger partial charge on any atom is -0.261 e. The molecule has 0 spiro atoms. The second kappa shape index (κ2) is 3.56. The van der Waals surface area contributed by atoms with Crippen molar-refractivity contribution in [2.45, 2.75) is 0 Å². The Morgan fingerprint density at radius 3 is 2.92 bits per heavy atom. The van der Waals surface area contributed by atoms with Crippen molar-refractivity contribution in [2.24, 2.45) is 0 Å².